The number of likely N-dealkylation sites (N-methyl/N-ethyl adjacent to an activating group) is 1. The van der Waals surface area contributed by atoms with Gasteiger partial charge >= 0.3 is 0 Å². The van der Waals surface area contributed by atoms with Crippen LogP contribution in [0.2, 0.25) is 0 Å². The second-order valence-electron chi connectivity index (χ2n) is 8.40. The average Bonchev–Trinajstić information content (AvgIpc) is 3.34. The molecule has 182 valence electrons. The summed E-state index contributed by atoms with van der Waals surface area (Å²) in [5.74, 6) is -4.72. The molecule has 1 aliphatic rings. The van der Waals surface area contributed by atoms with Crippen LogP contribution in [0.1, 0.15) is 31.3 Å². The van der Waals surface area contributed by atoms with Crippen LogP contribution < -0.4 is 4.90 Å². The van der Waals surface area contributed by atoms with E-state index in [4.69, 9.17) is 0 Å². The van der Waals surface area contributed by atoms with Gasteiger partial charge < -0.3 is 4.90 Å². The quantitative estimate of drug-likeness (QED) is 0.359. The number of imide groups is 1. The van der Waals surface area contributed by atoms with Crippen molar-refractivity contribution in [3.05, 3.63) is 93.7 Å². The van der Waals surface area contributed by atoms with E-state index in [1.54, 1.807) is 25.1 Å². The van der Waals surface area contributed by atoms with Crippen molar-refractivity contribution in [3.63, 3.8) is 0 Å². The molecule has 0 unspecified atom stereocenters. The molecule has 0 saturated heterocycles. The van der Waals surface area contributed by atoms with Gasteiger partial charge in [0.25, 0.3) is 11.8 Å². The third-order valence-electron chi connectivity index (χ3n) is 6.05. The molecular formula is C26H18F3N3O3S. The number of hydrogen-bond donors (Lipinski definition) is 0. The van der Waals surface area contributed by atoms with Crippen LogP contribution in [-0.2, 0) is 11.2 Å². The first-order chi connectivity index (χ1) is 17.2. The summed E-state index contributed by atoms with van der Waals surface area (Å²) in [5.41, 5.74) is 0.267. The number of thiazole rings is 1. The van der Waals surface area contributed by atoms with Crippen LogP contribution >= 0.6 is 11.3 Å². The van der Waals surface area contributed by atoms with Gasteiger partial charge in [0.05, 0.1) is 26.5 Å². The minimum atomic E-state index is -1.49. The molecule has 5 rings (SSSR count). The number of halogens is 3. The molecule has 0 N–H and O–H groups in total. The monoisotopic (exact) mass is 509 g/mol. The Morgan fingerprint density at radius 2 is 1.61 bits per heavy atom. The molecule has 10 heteroatoms. The van der Waals surface area contributed by atoms with E-state index in [-0.39, 0.29) is 34.3 Å². The molecule has 2 heterocycles. The number of fused-ring (bicyclic) bond motifs is 2. The number of amides is 3. The molecule has 0 radical (unpaired) electrons. The van der Waals surface area contributed by atoms with E-state index >= 15 is 4.39 Å². The minimum Gasteiger partial charge on any atom is -0.311 e. The molecule has 3 aromatic carbocycles. The first-order valence-corrected chi connectivity index (χ1v) is 11.7. The fraction of sp³-hybridized carbons (Fsp3) is 0.154. The Morgan fingerprint density at radius 1 is 1.00 bits per heavy atom. The molecule has 0 bridgehead atoms. The summed E-state index contributed by atoms with van der Waals surface area (Å²) >= 11 is 1.30. The molecule has 1 atom stereocenters. The molecule has 0 saturated carbocycles. The number of aryl methyl sites for hydroxylation is 1. The zero-order valence-electron chi connectivity index (χ0n) is 19.1. The zero-order valence-corrected chi connectivity index (χ0v) is 19.9. The number of rotatable bonds is 5. The maximum absolute atomic E-state index is 15.3. The highest BCUT2D eigenvalue weighted by Gasteiger charge is 2.44. The molecule has 36 heavy (non-hydrogen) atoms. The number of anilines is 1. The lowest BCUT2D eigenvalue weighted by molar-refractivity contribution is -0.122. The maximum atomic E-state index is 15.3. The van der Waals surface area contributed by atoms with Crippen LogP contribution in [-0.4, -0.2) is 40.7 Å². The largest absolute Gasteiger partial charge is 0.311 e. The Balaban J connectivity index is 1.57. The molecule has 0 fully saturated rings. The Morgan fingerprint density at radius 3 is 2.22 bits per heavy atom. The van der Waals surface area contributed by atoms with Gasteiger partial charge in [-0.05, 0) is 48.9 Å². The normalized spacial score (nSPS) is 13.9. The van der Waals surface area contributed by atoms with Gasteiger partial charge in [0, 0.05) is 19.5 Å². The standard InChI is InChI=1S/C26H18F3N3O3S/c1-13-30-23-21(36-13)8-7-19(22(23)29)31(2)26(35)20(11-14-9-15(27)12-16(28)10-14)32-24(33)17-5-3-4-6-18(17)25(32)34/h3-10,12,20H,11H2,1-2H3/t20-/m0/s1. The first-order valence-electron chi connectivity index (χ1n) is 10.9. The van der Waals surface area contributed by atoms with Crippen molar-refractivity contribution in [2.24, 2.45) is 0 Å². The highest BCUT2D eigenvalue weighted by atomic mass is 32.1. The molecule has 1 aromatic heterocycles. The number of benzene rings is 3. The maximum Gasteiger partial charge on any atom is 0.262 e. The average molecular weight is 510 g/mol. The molecule has 6 nitrogen and oxygen atoms in total. The summed E-state index contributed by atoms with van der Waals surface area (Å²) in [7, 11) is 1.31. The van der Waals surface area contributed by atoms with Crippen LogP contribution in [0.3, 0.4) is 0 Å². The predicted octanol–water partition coefficient (Wildman–Crippen LogP) is 4.89. The molecular weight excluding hydrogens is 491 g/mol. The molecule has 3 amide bonds. The Bertz CT molecular complexity index is 1510. The number of carbonyl (C=O) groups excluding carboxylic acids is 3. The van der Waals surface area contributed by atoms with Crippen molar-refractivity contribution in [2.75, 3.05) is 11.9 Å². The lowest BCUT2D eigenvalue weighted by Crippen LogP contribution is -2.51. The van der Waals surface area contributed by atoms with Crippen molar-refractivity contribution in [1.29, 1.82) is 0 Å². The second kappa shape index (κ2) is 8.87. The van der Waals surface area contributed by atoms with E-state index in [1.165, 1.54) is 36.6 Å². The Labute approximate surface area is 207 Å². The van der Waals surface area contributed by atoms with Gasteiger partial charge in [0.15, 0.2) is 5.82 Å². The molecule has 1 aliphatic heterocycles. The second-order valence-corrected chi connectivity index (χ2v) is 9.63. The lowest BCUT2D eigenvalue weighted by atomic mass is 10.0. The van der Waals surface area contributed by atoms with Crippen LogP contribution in [0, 0.1) is 24.4 Å². The number of aromatic nitrogens is 1. The van der Waals surface area contributed by atoms with Crippen LogP contribution in [0.25, 0.3) is 10.2 Å². The van der Waals surface area contributed by atoms with Crippen molar-refractivity contribution < 1.29 is 27.6 Å². The topological polar surface area (TPSA) is 70.6 Å². The van der Waals surface area contributed by atoms with E-state index in [0.29, 0.717) is 15.8 Å². The Hall–Kier alpha value is -4.05. The summed E-state index contributed by atoms with van der Waals surface area (Å²) in [6.07, 6.45) is -0.372. The van der Waals surface area contributed by atoms with Crippen molar-refractivity contribution in [3.8, 4) is 0 Å². The van der Waals surface area contributed by atoms with Gasteiger partial charge in [0.1, 0.15) is 23.2 Å². The first kappa shape index (κ1) is 23.7. The van der Waals surface area contributed by atoms with Crippen LogP contribution in [0.15, 0.2) is 54.6 Å². The Kier molecular flexibility index (Phi) is 5.83. The van der Waals surface area contributed by atoms with Gasteiger partial charge in [0.2, 0.25) is 5.91 Å². The SMILES string of the molecule is Cc1nc2c(F)c(N(C)C(=O)[C@H](Cc3cc(F)cc(F)c3)N3C(=O)c4ccccc4C3=O)ccc2s1. The fourth-order valence-electron chi connectivity index (χ4n) is 4.40. The van der Waals surface area contributed by atoms with Gasteiger partial charge in [-0.2, -0.15) is 0 Å². The highest BCUT2D eigenvalue weighted by Crippen LogP contribution is 2.32. The zero-order chi connectivity index (χ0) is 25.7. The fourth-order valence-corrected chi connectivity index (χ4v) is 5.22. The number of carbonyl (C=O) groups is 3. The molecule has 4 aromatic rings. The molecule has 0 spiro atoms. The lowest BCUT2D eigenvalue weighted by Gasteiger charge is -2.30. The van der Waals surface area contributed by atoms with E-state index in [1.807, 2.05) is 0 Å². The summed E-state index contributed by atoms with van der Waals surface area (Å²) in [6, 6.07) is 10.3. The van der Waals surface area contributed by atoms with Crippen molar-refractivity contribution >= 4 is 45.0 Å². The smallest absolute Gasteiger partial charge is 0.262 e. The van der Waals surface area contributed by atoms with Crippen LogP contribution in [0.4, 0.5) is 18.9 Å². The summed E-state index contributed by atoms with van der Waals surface area (Å²) in [6.45, 7) is 1.73. The van der Waals surface area contributed by atoms with Gasteiger partial charge in [-0.15, -0.1) is 11.3 Å². The van der Waals surface area contributed by atoms with E-state index in [0.717, 1.165) is 21.9 Å². The van der Waals surface area contributed by atoms with E-state index in [9.17, 15) is 23.2 Å². The van der Waals surface area contributed by atoms with E-state index in [2.05, 4.69) is 4.98 Å². The summed E-state index contributed by atoms with van der Waals surface area (Å²) in [5, 5.41) is 0.645. The predicted molar refractivity (Wildman–Crippen MR) is 129 cm³/mol. The van der Waals surface area contributed by atoms with Crippen molar-refractivity contribution in [1.82, 2.24) is 9.88 Å². The summed E-state index contributed by atoms with van der Waals surface area (Å²) in [4.78, 5) is 46.1. The minimum absolute atomic E-state index is 0.0573. The third kappa shape index (κ3) is 3.93. The summed E-state index contributed by atoms with van der Waals surface area (Å²) < 4.78 is 43.8. The number of nitrogens with zero attached hydrogens (tertiary/aromatic N) is 3. The van der Waals surface area contributed by atoms with Gasteiger partial charge in [-0.1, -0.05) is 12.1 Å². The van der Waals surface area contributed by atoms with Gasteiger partial charge in [-0.3, -0.25) is 19.3 Å². The third-order valence-corrected chi connectivity index (χ3v) is 6.99. The molecule has 0 aliphatic carbocycles. The van der Waals surface area contributed by atoms with Gasteiger partial charge in [-0.25, -0.2) is 18.2 Å². The van der Waals surface area contributed by atoms with E-state index < -0.39 is 41.2 Å². The van der Waals surface area contributed by atoms with Crippen LogP contribution in [0.5, 0.6) is 0 Å². The van der Waals surface area contributed by atoms with Crippen molar-refractivity contribution in [2.45, 2.75) is 19.4 Å². The number of hydrogen-bond acceptors (Lipinski definition) is 5. The highest BCUT2D eigenvalue weighted by molar-refractivity contribution is 7.18.